The third kappa shape index (κ3) is 6.46. The van der Waals surface area contributed by atoms with E-state index in [2.05, 4.69) is 38.7 Å². The molecule has 10 heteroatoms. The van der Waals surface area contributed by atoms with E-state index >= 15 is 0 Å². The molecule has 3 N–H and O–H groups in total. The average Bonchev–Trinajstić information content (AvgIpc) is 3.52. The summed E-state index contributed by atoms with van der Waals surface area (Å²) in [6, 6.07) is 7.52. The fraction of sp³-hybridized carbons (Fsp3) is 0.440. The Hall–Kier alpha value is -3.24. The second kappa shape index (κ2) is 11.5. The van der Waals surface area contributed by atoms with E-state index in [0.717, 1.165) is 49.3 Å². The number of aryl methyl sites for hydroxylation is 2. The van der Waals surface area contributed by atoms with Gasteiger partial charge in [-0.15, -0.1) is 0 Å². The van der Waals surface area contributed by atoms with Crippen LogP contribution in [0.3, 0.4) is 0 Å². The predicted octanol–water partition coefficient (Wildman–Crippen LogP) is 4.06. The molecule has 0 aliphatic carbocycles. The van der Waals surface area contributed by atoms with Crippen LogP contribution in [-0.4, -0.2) is 57.1 Å². The first-order valence-corrected chi connectivity index (χ1v) is 12.8. The normalized spacial score (nSPS) is 15.6. The van der Waals surface area contributed by atoms with E-state index in [-0.39, 0.29) is 12.1 Å². The summed E-state index contributed by atoms with van der Waals surface area (Å²) in [5, 5.41) is 10.8. The van der Waals surface area contributed by atoms with Crippen LogP contribution in [0.25, 0.3) is 0 Å². The van der Waals surface area contributed by atoms with Crippen LogP contribution in [0.5, 0.6) is 0 Å². The number of carbonyl (C=O) groups is 2. The number of hydrogen-bond donors (Lipinski definition) is 2. The van der Waals surface area contributed by atoms with Gasteiger partial charge in [-0.1, -0.05) is 5.16 Å². The van der Waals surface area contributed by atoms with Crippen LogP contribution in [0.4, 0.5) is 10.7 Å². The number of amides is 3. The van der Waals surface area contributed by atoms with Gasteiger partial charge in [-0.25, -0.2) is 4.79 Å². The lowest BCUT2D eigenvalue weighted by Crippen LogP contribution is -2.50. The molecule has 9 nitrogen and oxygen atoms in total. The highest BCUT2D eigenvalue weighted by Crippen LogP contribution is 2.24. The van der Waals surface area contributed by atoms with Crippen LogP contribution < -0.4 is 11.1 Å². The maximum Gasteiger partial charge on any atom is 0.324 e. The van der Waals surface area contributed by atoms with Crippen molar-refractivity contribution in [3.63, 3.8) is 0 Å². The number of thiophene rings is 1. The molecule has 1 saturated heterocycles. The molecule has 1 aliphatic heterocycles. The van der Waals surface area contributed by atoms with E-state index < -0.39 is 5.91 Å². The lowest BCUT2D eigenvalue weighted by Gasteiger charge is -2.40. The number of urea groups is 1. The molecular formula is C25H32N6O3S. The lowest BCUT2D eigenvalue weighted by molar-refractivity contribution is 0.0978. The molecule has 1 atom stereocenters. The molecule has 1 aliphatic rings. The molecule has 3 aromatic heterocycles. The summed E-state index contributed by atoms with van der Waals surface area (Å²) in [6.45, 7) is 6.37. The maximum atomic E-state index is 13.2. The van der Waals surface area contributed by atoms with Gasteiger partial charge in [0.15, 0.2) is 0 Å². The molecule has 4 rings (SSSR count). The topological polar surface area (TPSA) is 118 Å². The van der Waals surface area contributed by atoms with Gasteiger partial charge in [0.25, 0.3) is 5.91 Å². The smallest absolute Gasteiger partial charge is 0.324 e. The fourth-order valence-corrected chi connectivity index (χ4v) is 5.23. The highest BCUT2D eigenvalue weighted by Gasteiger charge is 2.30. The van der Waals surface area contributed by atoms with Gasteiger partial charge in [-0.3, -0.25) is 15.1 Å². The van der Waals surface area contributed by atoms with Crippen molar-refractivity contribution < 1.29 is 14.1 Å². The van der Waals surface area contributed by atoms with Crippen LogP contribution in [0, 0.1) is 6.92 Å². The number of rotatable bonds is 9. The zero-order chi connectivity index (χ0) is 24.8. The van der Waals surface area contributed by atoms with E-state index in [1.54, 1.807) is 35.7 Å². The number of nitrogens with zero attached hydrogens (tertiary/aromatic N) is 4. The summed E-state index contributed by atoms with van der Waals surface area (Å²) in [6.07, 6.45) is 5.04. The lowest BCUT2D eigenvalue weighted by atomic mass is 9.99. The number of piperidine rings is 1. The van der Waals surface area contributed by atoms with Crippen molar-refractivity contribution in [3.05, 3.63) is 63.7 Å². The second-order valence-electron chi connectivity index (χ2n) is 9.04. The number of primary amides is 1. The first-order chi connectivity index (χ1) is 16.9. The summed E-state index contributed by atoms with van der Waals surface area (Å²) < 4.78 is 5.19. The van der Waals surface area contributed by atoms with Crippen molar-refractivity contribution in [2.75, 3.05) is 18.4 Å². The molecule has 0 unspecified atom stereocenters. The number of likely N-dealkylation sites (tertiary alicyclic amines) is 1. The number of anilines is 1. The van der Waals surface area contributed by atoms with Crippen LogP contribution >= 0.6 is 11.3 Å². The van der Waals surface area contributed by atoms with Crippen molar-refractivity contribution in [1.82, 2.24) is 19.9 Å². The molecule has 1 fully saturated rings. The number of nitrogens with one attached hydrogen (secondary N) is 1. The van der Waals surface area contributed by atoms with Crippen molar-refractivity contribution in [1.29, 1.82) is 0 Å². The summed E-state index contributed by atoms with van der Waals surface area (Å²) in [7, 11) is 0. The molecule has 0 aromatic carbocycles. The largest absolute Gasteiger partial charge is 0.366 e. The molecular weight excluding hydrogens is 464 g/mol. The van der Waals surface area contributed by atoms with Crippen LogP contribution in [0.15, 0.2) is 45.7 Å². The average molecular weight is 497 g/mol. The molecule has 35 heavy (non-hydrogen) atoms. The molecule has 3 amide bonds. The monoisotopic (exact) mass is 496 g/mol. The Balaban J connectivity index is 1.35. The Labute approximate surface area is 209 Å². The van der Waals surface area contributed by atoms with E-state index in [1.165, 1.54) is 0 Å². The van der Waals surface area contributed by atoms with Crippen molar-refractivity contribution >= 4 is 29.2 Å². The van der Waals surface area contributed by atoms with Gasteiger partial charge in [0.05, 0.1) is 17.0 Å². The first kappa shape index (κ1) is 24.9. The zero-order valence-corrected chi connectivity index (χ0v) is 21.0. The Morgan fingerprint density at radius 2 is 2.14 bits per heavy atom. The van der Waals surface area contributed by atoms with E-state index in [1.807, 2.05) is 17.2 Å². The van der Waals surface area contributed by atoms with Crippen molar-refractivity contribution in [3.8, 4) is 0 Å². The van der Waals surface area contributed by atoms with Gasteiger partial charge in [-0.05, 0) is 74.1 Å². The number of hydrogen-bond acceptors (Lipinski definition) is 7. The third-order valence-corrected chi connectivity index (χ3v) is 7.30. The minimum Gasteiger partial charge on any atom is -0.366 e. The van der Waals surface area contributed by atoms with Crippen molar-refractivity contribution in [2.24, 2.45) is 5.73 Å². The number of pyridine rings is 1. The molecule has 3 aromatic rings. The van der Waals surface area contributed by atoms with Gasteiger partial charge < -0.3 is 20.1 Å². The molecule has 4 heterocycles. The summed E-state index contributed by atoms with van der Waals surface area (Å²) in [4.78, 5) is 33.6. The van der Waals surface area contributed by atoms with Crippen LogP contribution in [0.1, 0.15) is 53.5 Å². The summed E-state index contributed by atoms with van der Waals surface area (Å²) in [5.74, 6) is -0.0789. The fourth-order valence-electron chi connectivity index (χ4n) is 4.57. The Morgan fingerprint density at radius 1 is 1.34 bits per heavy atom. The minimum absolute atomic E-state index is 0.125. The van der Waals surface area contributed by atoms with Gasteiger partial charge in [0, 0.05) is 44.0 Å². The SMILES string of the molecule is Cc1cc(NC(=O)N(Cc2ccsc2)C2CCN([C@H](C)CCc3ncccc3C(N)=O)CC2)on1. The molecule has 0 bridgehead atoms. The summed E-state index contributed by atoms with van der Waals surface area (Å²) >= 11 is 1.63. The number of aromatic nitrogens is 2. The number of nitrogens with two attached hydrogens (primary N) is 1. The van der Waals surface area contributed by atoms with E-state index in [4.69, 9.17) is 10.3 Å². The van der Waals surface area contributed by atoms with Gasteiger partial charge >= 0.3 is 6.03 Å². The standard InChI is InChI=1S/C25H32N6O3S/c1-17-14-23(34-29-17)28-25(33)31(15-19-9-13-35-16-19)20-7-11-30(12-8-20)18(2)5-6-22-21(24(26)32)4-3-10-27-22/h3-4,9-10,13-14,16,18,20H,5-8,11-12,15H2,1-2H3,(H2,26,32)(H,28,33)/t18-/m1/s1. The van der Waals surface area contributed by atoms with Gasteiger partial charge in [0.1, 0.15) is 0 Å². The Bertz CT molecular complexity index is 1120. The molecule has 0 spiro atoms. The quantitative estimate of drug-likeness (QED) is 0.461. The highest BCUT2D eigenvalue weighted by molar-refractivity contribution is 7.07. The molecule has 186 valence electrons. The third-order valence-electron chi connectivity index (χ3n) is 6.57. The van der Waals surface area contributed by atoms with Crippen LogP contribution in [-0.2, 0) is 13.0 Å². The summed E-state index contributed by atoms with van der Waals surface area (Å²) in [5.41, 5.74) is 8.59. The predicted molar refractivity (Wildman–Crippen MR) is 135 cm³/mol. The Kier molecular flexibility index (Phi) is 8.14. The molecule has 0 saturated carbocycles. The second-order valence-corrected chi connectivity index (χ2v) is 9.82. The Morgan fingerprint density at radius 3 is 2.80 bits per heavy atom. The van der Waals surface area contributed by atoms with Crippen LogP contribution in [0.2, 0.25) is 0 Å². The van der Waals surface area contributed by atoms with E-state index in [0.29, 0.717) is 30.5 Å². The minimum atomic E-state index is -0.439. The highest BCUT2D eigenvalue weighted by atomic mass is 32.1. The number of carbonyl (C=O) groups excluding carboxylic acids is 2. The first-order valence-electron chi connectivity index (χ1n) is 11.9. The molecule has 0 radical (unpaired) electrons. The van der Waals surface area contributed by atoms with Gasteiger partial charge in [0.2, 0.25) is 5.88 Å². The zero-order valence-electron chi connectivity index (χ0n) is 20.1. The van der Waals surface area contributed by atoms with Gasteiger partial charge in [-0.2, -0.15) is 11.3 Å². The van der Waals surface area contributed by atoms with Crippen molar-refractivity contribution in [2.45, 2.75) is 58.2 Å². The van der Waals surface area contributed by atoms with E-state index in [9.17, 15) is 9.59 Å². The maximum absolute atomic E-state index is 13.2.